The van der Waals surface area contributed by atoms with Crippen molar-refractivity contribution in [1.29, 1.82) is 0 Å². The first kappa shape index (κ1) is 20.8. The van der Waals surface area contributed by atoms with Gasteiger partial charge in [0.2, 0.25) is 0 Å². The smallest absolute Gasteiger partial charge is 0.124 e. The number of piperidine rings is 2. The summed E-state index contributed by atoms with van der Waals surface area (Å²) in [6.45, 7) is 0. The van der Waals surface area contributed by atoms with Gasteiger partial charge in [0.15, 0.2) is 0 Å². The van der Waals surface area contributed by atoms with Crippen LogP contribution in [-0.4, -0.2) is 32.0 Å². The van der Waals surface area contributed by atoms with Crippen LogP contribution in [0.4, 0.5) is 0 Å². The topological polar surface area (TPSA) is 81.4 Å². The average Bonchev–Trinajstić information content (AvgIpc) is 3.52. The van der Waals surface area contributed by atoms with Crippen molar-refractivity contribution in [2.45, 2.75) is 69.1 Å². The minimum absolute atomic E-state index is 0.391. The number of nitrogens with zero attached hydrogens (tertiary/aromatic N) is 2. The highest BCUT2D eigenvalue weighted by atomic mass is 15.1. The van der Waals surface area contributed by atoms with E-state index in [0.717, 1.165) is 60.5 Å². The lowest BCUT2D eigenvalue weighted by Crippen LogP contribution is -2.18. The minimum Gasteiger partial charge on any atom is -0.344 e. The lowest BCUT2D eigenvalue weighted by Gasteiger charge is -2.11. The maximum atomic E-state index is 5.14. The molecular weight excluding hydrogens is 456 g/mol. The maximum Gasteiger partial charge on any atom is 0.124 e. The van der Waals surface area contributed by atoms with Crippen LogP contribution in [0.1, 0.15) is 67.1 Å². The van der Waals surface area contributed by atoms with E-state index in [1.165, 1.54) is 64.9 Å². The zero-order valence-corrected chi connectivity index (χ0v) is 20.9. The molecule has 2 aliphatic heterocycles. The van der Waals surface area contributed by atoms with Crippen molar-refractivity contribution in [1.82, 2.24) is 30.6 Å². The lowest BCUT2D eigenvalue weighted by molar-refractivity contribution is 0.542. The molecule has 2 aromatic heterocycles. The van der Waals surface area contributed by atoms with Gasteiger partial charge in [-0.05, 0) is 79.0 Å². The zero-order chi connectivity index (χ0) is 24.1. The summed E-state index contributed by atoms with van der Waals surface area (Å²) in [5.74, 6) is 3.97. The molecule has 4 fully saturated rings. The normalized spacial score (nSPS) is 30.8. The quantitative estimate of drug-likeness (QED) is 0.307. The Balaban J connectivity index is 0.975. The molecule has 2 saturated heterocycles. The van der Waals surface area contributed by atoms with Crippen LogP contribution in [0.3, 0.4) is 0 Å². The molecule has 5 aliphatic rings. The fraction of sp³-hybridized carbons (Fsp3) is 0.419. The van der Waals surface area contributed by atoms with Gasteiger partial charge in [-0.1, -0.05) is 42.5 Å². The van der Waals surface area contributed by atoms with Gasteiger partial charge in [-0.3, -0.25) is 0 Å². The predicted molar refractivity (Wildman–Crippen MR) is 144 cm³/mol. The van der Waals surface area contributed by atoms with Gasteiger partial charge >= 0.3 is 0 Å². The van der Waals surface area contributed by atoms with E-state index in [9.17, 15) is 0 Å². The number of benzene rings is 2. The van der Waals surface area contributed by atoms with Crippen LogP contribution < -0.4 is 10.6 Å². The molecule has 0 amide bonds. The van der Waals surface area contributed by atoms with Gasteiger partial charge in [0.05, 0.1) is 29.7 Å². The number of imidazole rings is 2. The second-order valence-corrected chi connectivity index (χ2v) is 12.0. The van der Waals surface area contributed by atoms with E-state index in [2.05, 4.69) is 68.1 Å². The second kappa shape index (κ2) is 7.65. The number of nitrogens with one attached hydrogen (secondary N) is 4. The van der Waals surface area contributed by atoms with Crippen molar-refractivity contribution < 1.29 is 0 Å². The summed E-state index contributed by atoms with van der Waals surface area (Å²) in [5.41, 5.74) is 10.0. The predicted octanol–water partition coefficient (Wildman–Crippen LogP) is 5.47. The summed E-state index contributed by atoms with van der Waals surface area (Å²) < 4.78 is 0. The van der Waals surface area contributed by atoms with Crippen molar-refractivity contribution in [3.05, 3.63) is 71.6 Å². The number of rotatable bonds is 4. The Hall–Kier alpha value is -3.22. The first-order valence-electron chi connectivity index (χ1n) is 14.1. The fourth-order valence-electron chi connectivity index (χ4n) is 7.23. The van der Waals surface area contributed by atoms with Crippen molar-refractivity contribution in [3.63, 3.8) is 0 Å². The van der Waals surface area contributed by atoms with Gasteiger partial charge in [-0.2, -0.15) is 0 Å². The Morgan fingerprint density at radius 1 is 0.703 bits per heavy atom. The second-order valence-electron chi connectivity index (χ2n) is 12.0. The van der Waals surface area contributed by atoms with E-state index >= 15 is 0 Å². The molecule has 2 aromatic carbocycles. The van der Waals surface area contributed by atoms with Crippen molar-refractivity contribution in [2.24, 2.45) is 11.8 Å². The highest BCUT2D eigenvalue weighted by Gasteiger charge is 2.47. The molecule has 0 spiro atoms. The first-order valence-corrected chi connectivity index (χ1v) is 14.1. The van der Waals surface area contributed by atoms with E-state index < -0.39 is 0 Å². The zero-order valence-electron chi connectivity index (χ0n) is 20.9. The molecule has 6 unspecified atom stereocenters. The largest absolute Gasteiger partial charge is 0.344 e. The summed E-state index contributed by atoms with van der Waals surface area (Å²) in [4.78, 5) is 17.1. The number of H-pyrrole nitrogens is 2. The van der Waals surface area contributed by atoms with Crippen LogP contribution in [0.25, 0.3) is 33.6 Å². The molecule has 6 atom stereocenters. The van der Waals surface area contributed by atoms with Crippen LogP contribution in [-0.2, 0) is 12.8 Å². The first-order chi connectivity index (χ1) is 18.2. The molecular formula is C31H32N6. The summed E-state index contributed by atoms with van der Waals surface area (Å²) in [6, 6.07) is 18.1. The Kier molecular flexibility index (Phi) is 4.30. The van der Waals surface area contributed by atoms with Gasteiger partial charge in [0, 0.05) is 23.3 Å². The highest BCUT2D eigenvalue weighted by Crippen LogP contribution is 2.47. The van der Waals surface area contributed by atoms with Gasteiger partial charge in [-0.25, -0.2) is 9.97 Å². The number of aromatic nitrogens is 4. The van der Waals surface area contributed by atoms with Gasteiger partial charge in [-0.15, -0.1) is 0 Å². The fourth-order valence-corrected chi connectivity index (χ4v) is 7.23. The maximum absolute atomic E-state index is 5.14. The van der Waals surface area contributed by atoms with Crippen molar-refractivity contribution in [3.8, 4) is 33.6 Å². The van der Waals surface area contributed by atoms with Crippen LogP contribution in [0.2, 0.25) is 0 Å². The molecule has 4 N–H and O–H groups in total. The van der Waals surface area contributed by atoms with Crippen LogP contribution >= 0.6 is 0 Å². The molecule has 4 heterocycles. The third-order valence-electron chi connectivity index (χ3n) is 9.57. The molecule has 3 aliphatic carbocycles. The summed E-state index contributed by atoms with van der Waals surface area (Å²) in [7, 11) is 0. The van der Waals surface area contributed by atoms with Crippen LogP contribution in [0.15, 0.2) is 48.7 Å². The number of fused-ring (bicyclic) bond motifs is 5. The molecule has 9 rings (SSSR count). The molecule has 2 saturated carbocycles. The third kappa shape index (κ3) is 3.46. The summed E-state index contributed by atoms with van der Waals surface area (Å²) in [5, 5.41) is 7.45. The number of hydrogen-bond acceptors (Lipinski definition) is 4. The van der Waals surface area contributed by atoms with E-state index in [0.29, 0.717) is 12.1 Å². The molecule has 4 aromatic rings. The molecule has 6 nitrogen and oxygen atoms in total. The standard InChI is InChI=1S/C31H32N6/c1-2-19-10-18(8-9-22(19)29-23(3-1)35-31(37-29)27-14-21-12-25(21)34-27)16-4-6-17(7-5-16)28-15-32-30(36-28)26-13-20-11-24(20)33-26/h4-10,15,20-21,24-27,33-34H,1-3,11-14H2,(H,32,36)(H,35,37). The van der Waals surface area contributed by atoms with E-state index in [-0.39, 0.29) is 0 Å². The molecule has 0 radical (unpaired) electrons. The molecule has 0 bridgehead atoms. The number of aromatic amines is 2. The van der Waals surface area contributed by atoms with Crippen LogP contribution in [0, 0.1) is 11.8 Å². The van der Waals surface area contributed by atoms with E-state index in [1.807, 2.05) is 6.20 Å². The van der Waals surface area contributed by atoms with E-state index in [4.69, 9.17) is 4.98 Å². The Labute approximate surface area is 216 Å². The lowest BCUT2D eigenvalue weighted by atomic mass is 9.95. The summed E-state index contributed by atoms with van der Waals surface area (Å²) in [6.07, 6.45) is 10.5. The highest BCUT2D eigenvalue weighted by molar-refractivity contribution is 5.75. The third-order valence-corrected chi connectivity index (χ3v) is 9.57. The van der Waals surface area contributed by atoms with Crippen LogP contribution in [0.5, 0.6) is 0 Å². The minimum atomic E-state index is 0.391. The SMILES string of the molecule is c1cc(-c2cnc(C3CC4CC4N3)[nH]2)ccc1-c1ccc2c(c1)CCCc1[nH]c(C3CC4CC4N3)nc1-2. The van der Waals surface area contributed by atoms with E-state index in [1.54, 1.807) is 0 Å². The average molecular weight is 489 g/mol. The molecule has 186 valence electrons. The van der Waals surface area contributed by atoms with Gasteiger partial charge in [0.25, 0.3) is 0 Å². The number of hydrogen-bond donors (Lipinski definition) is 4. The molecule has 37 heavy (non-hydrogen) atoms. The van der Waals surface area contributed by atoms with Gasteiger partial charge < -0.3 is 20.6 Å². The van der Waals surface area contributed by atoms with Gasteiger partial charge in [0.1, 0.15) is 11.6 Å². The summed E-state index contributed by atoms with van der Waals surface area (Å²) >= 11 is 0. The molecule has 6 heteroatoms. The van der Waals surface area contributed by atoms with Crippen molar-refractivity contribution >= 4 is 0 Å². The Bertz CT molecular complexity index is 1490. The monoisotopic (exact) mass is 488 g/mol. The van der Waals surface area contributed by atoms with Crippen molar-refractivity contribution in [2.75, 3.05) is 0 Å². The Morgan fingerprint density at radius 2 is 1.43 bits per heavy atom. The number of aryl methyl sites for hydroxylation is 2. The Morgan fingerprint density at radius 3 is 2.19 bits per heavy atom.